The van der Waals surface area contributed by atoms with Gasteiger partial charge in [0.05, 0.1) is 28.6 Å². The first-order valence-corrected chi connectivity index (χ1v) is 8.17. The predicted molar refractivity (Wildman–Crippen MR) is 82.1 cm³/mol. The number of thioether (sulfide) groups is 1. The minimum Gasteiger partial charge on any atom is -0.399 e. The summed E-state index contributed by atoms with van der Waals surface area (Å²) in [5.74, 6) is 0.412. The van der Waals surface area contributed by atoms with Crippen molar-refractivity contribution in [1.29, 1.82) is 0 Å². The Morgan fingerprint density at radius 2 is 2.50 bits per heavy atom. The molecule has 0 bridgehead atoms. The number of carbonyl (C=O) groups excluding carboxylic acids is 1. The number of anilines is 1. The lowest BCUT2D eigenvalue weighted by atomic mass is 10.3. The zero-order chi connectivity index (χ0) is 13.9. The molecule has 3 N–H and O–H groups in total. The Morgan fingerprint density at radius 3 is 3.30 bits per heavy atom. The minimum atomic E-state index is 0.0317. The smallest absolute Gasteiger partial charge is 0.230 e. The molecule has 20 heavy (non-hydrogen) atoms. The Labute approximate surface area is 124 Å². The second-order valence-electron chi connectivity index (χ2n) is 4.62. The Kier molecular flexibility index (Phi) is 4.09. The van der Waals surface area contributed by atoms with Crippen molar-refractivity contribution < 1.29 is 9.53 Å². The highest BCUT2D eigenvalue weighted by Crippen LogP contribution is 2.30. The number of ether oxygens (including phenoxy) is 1. The van der Waals surface area contributed by atoms with Gasteiger partial charge < -0.3 is 15.8 Å². The quantitative estimate of drug-likeness (QED) is 0.666. The number of amides is 1. The van der Waals surface area contributed by atoms with Crippen molar-refractivity contribution in [3.8, 4) is 0 Å². The van der Waals surface area contributed by atoms with Crippen molar-refractivity contribution in [2.75, 3.05) is 24.7 Å². The van der Waals surface area contributed by atoms with Crippen LogP contribution in [0.2, 0.25) is 0 Å². The van der Waals surface area contributed by atoms with Gasteiger partial charge in [-0.15, -0.1) is 11.3 Å². The summed E-state index contributed by atoms with van der Waals surface area (Å²) in [7, 11) is 0. The number of fused-ring (bicyclic) bond motifs is 1. The molecule has 2 aromatic rings. The Hall–Kier alpha value is -1.31. The van der Waals surface area contributed by atoms with Crippen LogP contribution in [0.5, 0.6) is 0 Å². The molecule has 1 aromatic carbocycles. The molecule has 1 aromatic heterocycles. The van der Waals surface area contributed by atoms with Crippen LogP contribution in [-0.2, 0) is 9.53 Å². The van der Waals surface area contributed by atoms with Crippen LogP contribution in [0.4, 0.5) is 5.69 Å². The van der Waals surface area contributed by atoms with Crippen molar-refractivity contribution in [1.82, 2.24) is 10.3 Å². The molecule has 0 saturated carbocycles. The fourth-order valence-electron chi connectivity index (χ4n) is 2.03. The number of nitrogens with one attached hydrogen (secondary N) is 1. The molecular formula is C13H15N3O2S2. The van der Waals surface area contributed by atoms with Crippen LogP contribution in [-0.4, -0.2) is 35.9 Å². The molecule has 106 valence electrons. The monoisotopic (exact) mass is 309 g/mol. The van der Waals surface area contributed by atoms with Crippen molar-refractivity contribution in [3.63, 3.8) is 0 Å². The number of nitrogens with zero attached hydrogens (tertiary/aromatic N) is 1. The van der Waals surface area contributed by atoms with E-state index in [2.05, 4.69) is 10.3 Å². The molecule has 3 rings (SSSR count). The van der Waals surface area contributed by atoms with Gasteiger partial charge in [0.1, 0.15) is 0 Å². The summed E-state index contributed by atoms with van der Waals surface area (Å²) < 4.78 is 7.17. The third-order valence-electron chi connectivity index (χ3n) is 3.01. The van der Waals surface area contributed by atoms with E-state index < -0.39 is 0 Å². The normalized spacial score (nSPS) is 18.5. The van der Waals surface area contributed by atoms with Crippen LogP contribution in [0, 0.1) is 0 Å². The molecule has 1 aliphatic rings. The van der Waals surface area contributed by atoms with E-state index in [1.54, 1.807) is 11.3 Å². The van der Waals surface area contributed by atoms with Crippen LogP contribution < -0.4 is 11.1 Å². The maximum absolute atomic E-state index is 11.8. The van der Waals surface area contributed by atoms with Crippen molar-refractivity contribution in [2.24, 2.45) is 0 Å². The van der Waals surface area contributed by atoms with Gasteiger partial charge in [-0.1, -0.05) is 11.8 Å². The van der Waals surface area contributed by atoms with Crippen LogP contribution >= 0.6 is 23.1 Å². The summed E-state index contributed by atoms with van der Waals surface area (Å²) in [5, 5.41) is 2.96. The van der Waals surface area contributed by atoms with Crippen LogP contribution in [0.3, 0.4) is 0 Å². The number of hydrogen-bond donors (Lipinski definition) is 2. The predicted octanol–water partition coefficient (Wildman–Crippen LogP) is 1.88. The molecular weight excluding hydrogens is 294 g/mol. The first-order valence-electron chi connectivity index (χ1n) is 6.37. The standard InChI is InChI=1S/C13H15N3O2S2/c14-8-1-2-10-11(5-8)20-13(16-10)19-7-12(17)15-9-3-4-18-6-9/h1-2,5,9H,3-4,6-7,14H2,(H,15,17)/t9-/m1/s1. The number of carbonyl (C=O) groups is 1. The lowest BCUT2D eigenvalue weighted by Crippen LogP contribution is -2.36. The molecule has 5 nitrogen and oxygen atoms in total. The van der Waals surface area contributed by atoms with E-state index in [4.69, 9.17) is 10.5 Å². The van der Waals surface area contributed by atoms with E-state index in [9.17, 15) is 4.79 Å². The summed E-state index contributed by atoms with van der Waals surface area (Å²) in [6.45, 7) is 1.36. The lowest BCUT2D eigenvalue weighted by Gasteiger charge is -2.09. The molecule has 0 spiro atoms. The van der Waals surface area contributed by atoms with Gasteiger partial charge in [-0.3, -0.25) is 4.79 Å². The van der Waals surface area contributed by atoms with E-state index >= 15 is 0 Å². The molecule has 2 heterocycles. The second kappa shape index (κ2) is 5.99. The third-order valence-corrected chi connectivity index (χ3v) is 5.18. The van der Waals surface area contributed by atoms with Crippen LogP contribution in [0.15, 0.2) is 22.5 Å². The minimum absolute atomic E-state index is 0.0317. The molecule has 1 atom stereocenters. The number of thiazole rings is 1. The largest absolute Gasteiger partial charge is 0.399 e. The number of aromatic nitrogens is 1. The zero-order valence-electron chi connectivity index (χ0n) is 10.8. The summed E-state index contributed by atoms with van der Waals surface area (Å²) in [5.41, 5.74) is 7.40. The number of hydrogen-bond acceptors (Lipinski definition) is 6. The van der Waals surface area contributed by atoms with Gasteiger partial charge in [-0.05, 0) is 24.6 Å². The topological polar surface area (TPSA) is 77.2 Å². The summed E-state index contributed by atoms with van der Waals surface area (Å²) in [4.78, 5) is 16.3. The zero-order valence-corrected chi connectivity index (χ0v) is 12.4. The first kappa shape index (κ1) is 13.7. The highest BCUT2D eigenvalue weighted by Gasteiger charge is 2.18. The van der Waals surface area contributed by atoms with Crippen molar-refractivity contribution in [3.05, 3.63) is 18.2 Å². The molecule has 1 aliphatic heterocycles. The van der Waals surface area contributed by atoms with Gasteiger partial charge in [-0.25, -0.2) is 4.98 Å². The third kappa shape index (κ3) is 3.23. The summed E-state index contributed by atoms with van der Waals surface area (Å²) in [6.07, 6.45) is 0.900. The average molecular weight is 309 g/mol. The molecule has 0 unspecified atom stereocenters. The average Bonchev–Trinajstić information content (AvgIpc) is 3.04. The van der Waals surface area contributed by atoms with E-state index in [0.29, 0.717) is 12.4 Å². The van der Waals surface area contributed by atoms with E-state index in [0.717, 1.165) is 33.3 Å². The SMILES string of the molecule is Nc1ccc2nc(SCC(=O)N[C@@H]3CCOC3)sc2c1. The van der Waals surface area contributed by atoms with Gasteiger partial charge in [-0.2, -0.15) is 0 Å². The highest BCUT2D eigenvalue weighted by atomic mass is 32.2. The molecule has 7 heteroatoms. The first-order chi connectivity index (χ1) is 9.70. The highest BCUT2D eigenvalue weighted by molar-refractivity contribution is 8.01. The number of nitrogen functional groups attached to an aromatic ring is 1. The fourth-order valence-corrected chi connectivity index (χ4v) is 3.95. The molecule has 0 radical (unpaired) electrons. The fraction of sp³-hybridized carbons (Fsp3) is 0.385. The van der Waals surface area contributed by atoms with Gasteiger partial charge in [0.25, 0.3) is 0 Å². The number of rotatable bonds is 4. The van der Waals surface area contributed by atoms with Gasteiger partial charge >= 0.3 is 0 Å². The van der Waals surface area contributed by atoms with E-state index in [1.165, 1.54) is 11.8 Å². The maximum Gasteiger partial charge on any atom is 0.230 e. The number of nitrogens with two attached hydrogens (primary N) is 1. The Bertz CT molecular complexity index is 623. The van der Waals surface area contributed by atoms with Crippen LogP contribution in [0.25, 0.3) is 10.2 Å². The number of benzene rings is 1. The second-order valence-corrected chi connectivity index (χ2v) is 6.88. The van der Waals surface area contributed by atoms with Crippen molar-refractivity contribution >= 4 is 44.9 Å². The maximum atomic E-state index is 11.8. The lowest BCUT2D eigenvalue weighted by molar-refractivity contribution is -0.119. The summed E-state index contributed by atoms with van der Waals surface area (Å²) in [6, 6.07) is 5.82. The van der Waals surface area contributed by atoms with Crippen LogP contribution in [0.1, 0.15) is 6.42 Å². The van der Waals surface area contributed by atoms with Gasteiger partial charge in [0.15, 0.2) is 4.34 Å². The molecule has 1 fully saturated rings. The van der Waals surface area contributed by atoms with E-state index in [1.807, 2.05) is 18.2 Å². The Morgan fingerprint density at radius 1 is 1.60 bits per heavy atom. The molecule has 0 aliphatic carbocycles. The van der Waals surface area contributed by atoms with Crippen molar-refractivity contribution in [2.45, 2.75) is 16.8 Å². The summed E-state index contributed by atoms with van der Waals surface area (Å²) >= 11 is 3.02. The Balaban J connectivity index is 1.57. The molecule has 1 saturated heterocycles. The molecule has 1 amide bonds. The van der Waals surface area contributed by atoms with Gasteiger partial charge in [0.2, 0.25) is 5.91 Å². The van der Waals surface area contributed by atoms with Gasteiger partial charge in [0, 0.05) is 12.3 Å². The van der Waals surface area contributed by atoms with E-state index in [-0.39, 0.29) is 11.9 Å².